The minimum atomic E-state index is 0.321. The molecule has 3 heteroatoms. The fourth-order valence-corrected chi connectivity index (χ4v) is 2.46. The summed E-state index contributed by atoms with van der Waals surface area (Å²) in [4.78, 5) is 2.58. The normalized spacial score (nSPS) is 21.7. The summed E-state index contributed by atoms with van der Waals surface area (Å²) >= 11 is 0. The molecule has 1 N–H and O–H groups in total. The molecule has 1 aliphatic rings. The Morgan fingerprint density at radius 2 is 1.88 bits per heavy atom. The molecule has 0 radical (unpaired) electrons. The summed E-state index contributed by atoms with van der Waals surface area (Å²) in [6.07, 6.45) is 2.52. The molecule has 1 heterocycles. The summed E-state index contributed by atoms with van der Waals surface area (Å²) in [5.74, 6) is 0. The van der Waals surface area contributed by atoms with E-state index in [1.807, 2.05) is 0 Å². The fourth-order valence-electron chi connectivity index (χ4n) is 2.46. The molecule has 1 fully saturated rings. The van der Waals surface area contributed by atoms with Crippen molar-refractivity contribution >= 4 is 0 Å². The number of likely N-dealkylation sites (tertiary alicyclic amines) is 1. The SMILES string of the molecule is CCOCC(C)NC1CCN(C(C)(C)C)CC1. The highest BCUT2D eigenvalue weighted by molar-refractivity contribution is 4.85. The number of hydrogen-bond acceptors (Lipinski definition) is 3. The van der Waals surface area contributed by atoms with Crippen LogP contribution >= 0.6 is 0 Å². The van der Waals surface area contributed by atoms with Crippen molar-refractivity contribution in [3.8, 4) is 0 Å². The maximum absolute atomic E-state index is 5.44. The molecule has 102 valence electrons. The van der Waals surface area contributed by atoms with Crippen LogP contribution in [0.3, 0.4) is 0 Å². The Morgan fingerprint density at radius 1 is 1.29 bits per heavy atom. The number of nitrogens with one attached hydrogen (secondary N) is 1. The molecule has 1 aliphatic heterocycles. The summed E-state index contributed by atoms with van der Waals surface area (Å²) in [6.45, 7) is 15.2. The summed E-state index contributed by atoms with van der Waals surface area (Å²) in [6, 6.07) is 1.14. The van der Waals surface area contributed by atoms with Crippen LogP contribution in [0.25, 0.3) is 0 Å². The minimum Gasteiger partial charge on any atom is -0.380 e. The quantitative estimate of drug-likeness (QED) is 0.800. The van der Waals surface area contributed by atoms with E-state index in [0.29, 0.717) is 17.6 Å². The minimum absolute atomic E-state index is 0.321. The van der Waals surface area contributed by atoms with Gasteiger partial charge in [-0.3, -0.25) is 4.90 Å². The molecule has 0 aromatic heterocycles. The summed E-state index contributed by atoms with van der Waals surface area (Å²) in [5, 5.41) is 3.67. The zero-order chi connectivity index (χ0) is 12.9. The van der Waals surface area contributed by atoms with Gasteiger partial charge in [0.05, 0.1) is 6.61 Å². The van der Waals surface area contributed by atoms with Crippen molar-refractivity contribution in [1.29, 1.82) is 0 Å². The standard InChI is InChI=1S/C14H30N2O/c1-6-17-11-12(2)15-13-7-9-16(10-8-13)14(3,4)5/h12-13,15H,6-11H2,1-5H3. The van der Waals surface area contributed by atoms with Gasteiger partial charge >= 0.3 is 0 Å². The molecule has 0 aromatic carbocycles. The lowest BCUT2D eigenvalue weighted by Crippen LogP contribution is -2.51. The van der Waals surface area contributed by atoms with Crippen molar-refractivity contribution in [3.63, 3.8) is 0 Å². The van der Waals surface area contributed by atoms with Crippen molar-refractivity contribution in [2.75, 3.05) is 26.3 Å². The number of hydrogen-bond donors (Lipinski definition) is 1. The van der Waals surface area contributed by atoms with Gasteiger partial charge in [0.1, 0.15) is 0 Å². The van der Waals surface area contributed by atoms with Crippen LogP contribution in [0.1, 0.15) is 47.5 Å². The average Bonchev–Trinajstić information content (AvgIpc) is 2.26. The lowest BCUT2D eigenvalue weighted by Gasteiger charge is -2.41. The van der Waals surface area contributed by atoms with Gasteiger partial charge in [-0.2, -0.15) is 0 Å². The van der Waals surface area contributed by atoms with Gasteiger partial charge in [-0.15, -0.1) is 0 Å². The lowest BCUT2D eigenvalue weighted by molar-refractivity contribution is 0.0834. The Balaban J connectivity index is 2.23. The summed E-state index contributed by atoms with van der Waals surface area (Å²) < 4.78 is 5.44. The number of rotatable bonds is 5. The maximum Gasteiger partial charge on any atom is 0.0616 e. The average molecular weight is 242 g/mol. The molecule has 1 atom stereocenters. The first-order valence-electron chi connectivity index (χ1n) is 7.02. The highest BCUT2D eigenvalue weighted by atomic mass is 16.5. The molecule has 1 saturated heterocycles. The second kappa shape index (κ2) is 6.72. The summed E-state index contributed by atoms with van der Waals surface area (Å²) in [5.41, 5.74) is 0.321. The Bertz CT molecular complexity index is 205. The summed E-state index contributed by atoms with van der Waals surface area (Å²) in [7, 11) is 0. The first-order chi connectivity index (χ1) is 7.93. The molecule has 0 aromatic rings. The van der Waals surface area contributed by atoms with Gasteiger partial charge in [0.25, 0.3) is 0 Å². The molecule has 17 heavy (non-hydrogen) atoms. The highest BCUT2D eigenvalue weighted by Gasteiger charge is 2.27. The molecular formula is C14H30N2O. The zero-order valence-electron chi connectivity index (χ0n) is 12.3. The van der Waals surface area contributed by atoms with E-state index in [-0.39, 0.29) is 0 Å². The first-order valence-corrected chi connectivity index (χ1v) is 7.02. The zero-order valence-corrected chi connectivity index (χ0v) is 12.3. The molecule has 0 spiro atoms. The molecule has 3 nitrogen and oxygen atoms in total. The van der Waals surface area contributed by atoms with Crippen LogP contribution in [-0.2, 0) is 4.74 Å². The van der Waals surface area contributed by atoms with Crippen LogP contribution in [-0.4, -0.2) is 48.8 Å². The van der Waals surface area contributed by atoms with Crippen LogP contribution in [0.15, 0.2) is 0 Å². The van der Waals surface area contributed by atoms with Crippen molar-refractivity contribution in [3.05, 3.63) is 0 Å². The van der Waals surface area contributed by atoms with Gasteiger partial charge in [0.15, 0.2) is 0 Å². The lowest BCUT2D eigenvalue weighted by atomic mass is 9.97. The molecule has 0 amide bonds. The van der Waals surface area contributed by atoms with E-state index in [0.717, 1.165) is 13.2 Å². The van der Waals surface area contributed by atoms with Crippen molar-refractivity contribution in [2.24, 2.45) is 0 Å². The van der Waals surface area contributed by atoms with E-state index in [2.05, 4.69) is 44.8 Å². The van der Waals surface area contributed by atoms with Crippen molar-refractivity contribution < 1.29 is 4.74 Å². The molecular weight excluding hydrogens is 212 g/mol. The van der Waals surface area contributed by atoms with Gasteiger partial charge in [-0.1, -0.05) is 0 Å². The monoisotopic (exact) mass is 242 g/mol. The second-order valence-corrected chi connectivity index (χ2v) is 6.16. The van der Waals surface area contributed by atoms with E-state index in [9.17, 15) is 0 Å². The van der Waals surface area contributed by atoms with Crippen LogP contribution in [0, 0.1) is 0 Å². The Kier molecular flexibility index (Phi) is 5.90. The van der Waals surface area contributed by atoms with Gasteiger partial charge in [0, 0.05) is 37.3 Å². The molecule has 0 bridgehead atoms. The third-order valence-electron chi connectivity index (χ3n) is 3.54. The predicted molar refractivity (Wildman–Crippen MR) is 73.4 cm³/mol. The van der Waals surface area contributed by atoms with Crippen molar-refractivity contribution in [2.45, 2.75) is 65.1 Å². The largest absolute Gasteiger partial charge is 0.380 e. The predicted octanol–water partition coefficient (Wildman–Crippen LogP) is 2.26. The van der Waals surface area contributed by atoms with Crippen LogP contribution < -0.4 is 5.32 Å². The Hall–Kier alpha value is -0.120. The second-order valence-electron chi connectivity index (χ2n) is 6.16. The van der Waals surface area contributed by atoms with Crippen LogP contribution in [0.5, 0.6) is 0 Å². The Morgan fingerprint density at radius 3 is 2.35 bits per heavy atom. The third-order valence-corrected chi connectivity index (χ3v) is 3.54. The number of ether oxygens (including phenoxy) is 1. The molecule has 1 unspecified atom stereocenters. The Labute approximate surface area is 107 Å². The molecule has 0 saturated carbocycles. The van der Waals surface area contributed by atoms with Crippen LogP contribution in [0.2, 0.25) is 0 Å². The molecule has 1 rings (SSSR count). The van der Waals surface area contributed by atoms with Crippen molar-refractivity contribution in [1.82, 2.24) is 10.2 Å². The highest BCUT2D eigenvalue weighted by Crippen LogP contribution is 2.20. The smallest absolute Gasteiger partial charge is 0.0616 e. The van der Waals surface area contributed by atoms with Gasteiger partial charge in [-0.25, -0.2) is 0 Å². The van der Waals surface area contributed by atoms with E-state index in [1.165, 1.54) is 25.9 Å². The fraction of sp³-hybridized carbons (Fsp3) is 1.00. The van der Waals surface area contributed by atoms with Gasteiger partial charge < -0.3 is 10.1 Å². The van der Waals surface area contributed by atoms with E-state index in [4.69, 9.17) is 4.74 Å². The van der Waals surface area contributed by atoms with E-state index in [1.54, 1.807) is 0 Å². The molecule has 0 aliphatic carbocycles. The van der Waals surface area contributed by atoms with Crippen LogP contribution in [0.4, 0.5) is 0 Å². The third kappa shape index (κ3) is 5.36. The number of piperidine rings is 1. The van der Waals surface area contributed by atoms with Gasteiger partial charge in [0.2, 0.25) is 0 Å². The van der Waals surface area contributed by atoms with Gasteiger partial charge in [-0.05, 0) is 47.5 Å². The van der Waals surface area contributed by atoms with E-state index < -0.39 is 0 Å². The number of nitrogens with zero attached hydrogens (tertiary/aromatic N) is 1. The maximum atomic E-state index is 5.44. The topological polar surface area (TPSA) is 24.5 Å². The first kappa shape index (κ1) is 14.9. The van der Waals surface area contributed by atoms with E-state index >= 15 is 0 Å².